The van der Waals surface area contributed by atoms with Gasteiger partial charge in [0.05, 0.1) is 0 Å². The van der Waals surface area contributed by atoms with Gasteiger partial charge in [-0.15, -0.1) is 0 Å². The smallest absolute Gasteiger partial charge is 0.00729 e. The van der Waals surface area contributed by atoms with E-state index in [9.17, 15) is 0 Å². The van der Waals surface area contributed by atoms with Crippen LogP contribution in [0.25, 0.3) is 43.4 Å². The summed E-state index contributed by atoms with van der Waals surface area (Å²) in [6.07, 6.45) is 3.56. The van der Waals surface area contributed by atoms with Gasteiger partial charge >= 0.3 is 0 Å². The average Bonchev–Trinajstić information content (AvgIpc) is 2.75. The van der Waals surface area contributed by atoms with Gasteiger partial charge in [-0.3, -0.25) is 0 Å². The van der Waals surface area contributed by atoms with Crippen LogP contribution < -0.4 is 0 Å². The molecule has 28 heavy (non-hydrogen) atoms. The Balaban J connectivity index is 1.82. The number of hydrogen-bond donors (Lipinski definition) is 0. The molecule has 0 aromatic heterocycles. The monoisotopic (exact) mass is 360 g/mol. The van der Waals surface area contributed by atoms with E-state index in [1.165, 1.54) is 61.8 Å². The minimum atomic E-state index is 1.13. The van der Waals surface area contributed by atoms with E-state index in [1.807, 2.05) is 0 Å². The van der Waals surface area contributed by atoms with Gasteiger partial charge in [0.15, 0.2) is 0 Å². The van der Waals surface area contributed by atoms with Gasteiger partial charge in [-0.25, -0.2) is 0 Å². The molecule has 0 aliphatic rings. The highest BCUT2D eigenvalue weighted by atomic mass is 14.2. The van der Waals surface area contributed by atoms with Gasteiger partial charge in [-0.1, -0.05) is 86.1 Å². The fourth-order valence-corrected chi connectivity index (χ4v) is 4.32. The van der Waals surface area contributed by atoms with Crippen LogP contribution >= 0.6 is 0 Å². The molecule has 5 aromatic rings. The SMILES string of the molecule is CCCCc1ccc2cc3ccccc3cc2c1-c1ccc2ccccc2c1. The summed E-state index contributed by atoms with van der Waals surface area (Å²) < 4.78 is 0. The Labute approximate surface area is 166 Å². The van der Waals surface area contributed by atoms with Crippen LogP contribution in [0, 0.1) is 0 Å². The summed E-state index contributed by atoms with van der Waals surface area (Å²) in [7, 11) is 0. The Morgan fingerprint density at radius 1 is 0.571 bits per heavy atom. The predicted octanol–water partition coefficient (Wildman–Crippen LogP) is 8.16. The molecule has 0 atom stereocenters. The quantitative estimate of drug-likeness (QED) is 0.284. The number of benzene rings is 5. The number of fused-ring (bicyclic) bond motifs is 3. The first kappa shape index (κ1) is 17.0. The molecule has 0 aliphatic carbocycles. The van der Waals surface area contributed by atoms with Crippen molar-refractivity contribution < 1.29 is 0 Å². The van der Waals surface area contributed by atoms with Crippen LogP contribution in [0.3, 0.4) is 0 Å². The van der Waals surface area contributed by atoms with Crippen LogP contribution in [-0.4, -0.2) is 0 Å². The second-order valence-corrected chi connectivity index (χ2v) is 7.69. The molecule has 0 heterocycles. The highest BCUT2D eigenvalue weighted by Gasteiger charge is 2.12. The van der Waals surface area contributed by atoms with E-state index in [0.29, 0.717) is 0 Å². The molecule has 0 nitrogen and oxygen atoms in total. The van der Waals surface area contributed by atoms with E-state index in [4.69, 9.17) is 0 Å². The number of unbranched alkanes of at least 4 members (excludes halogenated alkanes) is 1. The fraction of sp³-hybridized carbons (Fsp3) is 0.143. The largest absolute Gasteiger partial charge is 0.0654 e. The third-order valence-electron chi connectivity index (χ3n) is 5.81. The van der Waals surface area contributed by atoms with Crippen LogP contribution in [-0.2, 0) is 6.42 Å². The maximum atomic E-state index is 2.38. The van der Waals surface area contributed by atoms with Gasteiger partial charge in [0.1, 0.15) is 0 Å². The van der Waals surface area contributed by atoms with E-state index in [1.54, 1.807) is 0 Å². The molecule has 0 amide bonds. The zero-order chi connectivity index (χ0) is 18.9. The molecule has 0 fully saturated rings. The molecule has 0 unspecified atom stereocenters. The highest BCUT2D eigenvalue weighted by molar-refractivity contribution is 6.06. The van der Waals surface area contributed by atoms with E-state index in [-0.39, 0.29) is 0 Å². The second-order valence-electron chi connectivity index (χ2n) is 7.69. The molecule has 0 bridgehead atoms. The lowest BCUT2D eigenvalue weighted by molar-refractivity contribution is 0.797. The van der Waals surface area contributed by atoms with Crippen molar-refractivity contribution >= 4 is 32.3 Å². The van der Waals surface area contributed by atoms with Crippen molar-refractivity contribution in [2.45, 2.75) is 26.2 Å². The molecule has 5 aromatic carbocycles. The highest BCUT2D eigenvalue weighted by Crippen LogP contribution is 2.36. The first-order valence-corrected chi connectivity index (χ1v) is 10.3. The standard InChI is InChI=1S/C28H24/c1-2-3-8-21-14-15-25-17-23-11-6-7-12-24(23)19-27(25)28(21)26-16-13-20-9-4-5-10-22(20)18-26/h4-7,9-19H,2-3,8H2,1H3. The molecule has 0 saturated carbocycles. The summed E-state index contributed by atoms with van der Waals surface area (Å²) in [4.78, 5) is 0. The summed E-state index contributed by atoms with van der Waals surface area (Å²) in [5.41, 5.74) is 4.19. The van der Waals surface area contributed by atoms with Crippen molar-refractivity contribution in [3.63, 3.8) is 0 Å². The lowest BCUT2D eigenvalue weighted by Gasteiger charge is -2.15. The van der Waals surface area contributed by atoms with Crippen LogP contribution in [0.2, 0.25) is 0 Å². The zero-order valence-electron chi connectivity index (χ0n) is 16.3. The maximum Gasteiger partial charge on any atom is -0.00729 e. The molecule has 0 heteroatoms. The number of hydrogen-bond acceptors (Lipinski definition) is 0. The Hall–Kier alpha value is -3.12. The van der Waals surface area contributed by atoms with Crippen molar-refractivity contribution in [1.29, 1.82) is 0 Å². The van der Waals surface area contributed by atoms with E-state index in [2.05, 4.69) is 97.9 Å². The van der Waals surface area contributed by atoms with Gasteiger partial charge in [0, 0.05) is 0 Å². The molecule has 0 spiro atoms. The van der Waals surface area contributed by atoms with Crippen molar-refractivity contribution in [3.05, 3.63) is 96.6 Å². The van der Waals surface area contributed by atoms with E-state index in [0.717, 1.165) is 6.42 Å². The first-order valence-electron chi connectivity index (χ1n) is 10.3. The fourth-order valence-electron chi connectivity index (χ4n) is 4.32. The average molecular weight is 361 g/mol. The van der Waals surface area contributed by atoms with Gasteiger partial charge in [0.25, 0.3) is 0 Å². The van der Waals surface area contributed by atoms with Crippen LogP contribution in [0.4, 0.5) is 0 Å². The van der Waals surface area contributed by atoms with E-state index >= 15 is 0 Å². The number of rotatable bonds is 4. The second kappa shape index (κ2) is 7.13. The summed E-state index contributed by atoms with van der Waals surface area (Å²) >= 11 is 0. The maximum absolute atomic E-state index is 2.38. The Kier molecular flexibility index (Phi) is 4.33. The third-order valence-corrected chi connectivity index (χ3v) is 5.81. The Morgan fingerprint density at radius 2 is 1.21 bits per heavy atom. The molecule has 0 radical (unpaired) electrons. The minimum Gasteiger partial charge on any atom is -0.0654 e. The molecule has 0 N–H and O–H groups in total. The zero-order valence-corrected chi connectivity index (χ0v) is 16.3. The minimum absolute atomic E-state index is 1.13. The lowest BCUT2D eigenvalue weighted by atomic mass is 9.89. The van der Waals surface area contributed by atoms with Gasteiger partial charge < -0.3 is 0 Å². The van der Waals surface area contributed by atoms with Crippen molar-refractivity contribution in [3.8, 4) is 11.1 Å². The molecule has 0 aliphatic heterocycles. The number of aryl methyl sites for hydroxylation is 1. The van der Waals surface area contributed by atoms with Crippen molar-refractivity contribution in [2.24, 2.45) is 0 Å². The van der Waals surface area contributed by atoms with Crippen LogP contribution in [0.15, 0.2) is 91.0 Å². The lowest BCUT2D eigenvalue weighted by Crippen LogP contribution is -1.93. The molecular formula is C28H24. The summed E-state index contributed by atoms with van der Waals surface area (Å²) in [5, 5.41) is 7.90. The predicted molar refractivity (Wildman–Crippen MR) is 123 cm³/mol. The van der Waals surface area contributed by atoms with Crippen molar-refractivity contribution in [1.82, 2.24) is 0 Å². The summed E-state index contributed by atoms with van der Waals surface area (Å²) in [6, 6.07) is 33.6. The van der Waals surface area contributed by atoms with Crippen LogP contribution in [0.1, 0.15) is 25.3 Å². The molecule has 5 rings (SSSR count). The Morgan fingerprint density at radius 3 is 1.96 bits per heavy atom. The Bertz CT molecular complexity index is 1290. The van der Waals surface area contributed by atoms with E-state index < -0.39 is 0 Å². The third kappa shape index (κ3) is 2.96. The topological polar surface area (TPSA) is 0 Å². The van der Waals surface area contributed by atoms with Crippen molar-refractivity contribution in [2.75, 3.05) is 0 Å². The first-order chi connectivity index (χ1) is 13.8. The van der Waals surface area contributed by atoms with Crippen LogP contribution in [0.5, 0.6) is 0 Å². The normalized spacial score (nSPS) is 11.5. The summed E-state index contributed by atoms with van der Waals surface area (Å²) in [5.74, 6) is 0. The van der Waals surface area contributed by atoms with Gasteiger partial charge in [0.2, 0.25) is 0 Å². The molecule has 136 valence electrons. The molecular weight excluding hydrogens is 336 g/mol. The van der Waals surface area contributed by atoms with Gasteiger partial charge in [-0.2, -0.15) is 0 Å². The molecule has 0 saturated heterocycles. The van der Waals surface area contributed by atoms with Gasteiger partial charge in [-0.05, 0) is 80.0 Å². The summed E-state index contributed by atoms with van der Waals surface area (Å²) in [6.45, 7) is 2.27.